The molecule has 0 aliphatic heterocycles. The van der Waals surface area contributed by atoms with Gasteiger partial charge < -0.3 is 39.6 Å². The lowest BCUT2D eigenvalue weighted by molar-refractivity contribution is -0.315. The molecule has 0 aromatic carbocycles. The molecule has 0 heterocycles. The second kappa shape index (κ2) is 13.3. The molecule has 0 fully saturated rings. The third kappa shape index (κ3) is 24.9. The lowest BCUT2D eigenvalue weighted by atomic mass is 10.1. The zero-order valence-electron chi connectivity index (χ0n) is 10.9. The number of carbonyl (C=O) groups is 4. The Kier molecular flexibility index (Phi) is 13.4. The Morgan fingerprint density at radius 2 is 0.700 bits per heavy atom. The molecule has 0 aromatic rings. The summed E-state index contributed by atoms with van der Waals surface area (Å²) < 4.78 is 0. The third-order valence-corrected chi connectivity index (χ3v) is 2.05. The molecule has 0 rings (SSSR count). The zero-order valence-corrected chi connectivity index (χ0v) is 10.9. The average Bonchev–Trinajstić information content (AvgIpc) is 2.31. The van der Waals surface area contributed by atoms with Crippen LogP contribution in [0.25, 0.3) is 0 Å². The molecule has 0 unspecified atom stereocenters. The van der Waals surface area contributed by atoms with Crippen molar-refractivity contribution in [3.05, 3.63) is 0 Å². The molecule has 0 N–H and O–H groups in total. The van der Waals surface area contributed by atoms with Gasteiger partial charge in [-0.25, -0.2) is 0 Å². The van der Waals surface area contributed by atoms with E-state index >= 15 is 0 Å². The molecule has 8 heteroatoms. The van der Waals surface area contributed by atoms with Gasteiger partial charge in [-0.3, -0.25) is 0 Å². The lowest BCUT2D eigenvalue weighted by Gasteiger charge is -2.02. The van der Waals surface area contributed by atoms with Crippen LogP contribution in [-0.2, 0) is 19.2 Å². The summed E-state index contributed by atoms with van der Waals surface area (Å²) in [6.45, 7) is 0. The average molecular weight is 288 g/mol. The molecule has 0 bridgehead atoms. The summed E-state index contributed by atoms with van der Waals surface area (Å²) in [7, 11) is 0. The Hall–Kier alpha value is -2.12. The van der Waals surface area contributed by atoms with Crippen LogP contribution in [0.5, 0.6) is 0 Å². The SMILES string of the molecule is O=C([O-])CCC(=O)[O-].O=C([O-])CCCCCCC(=O)[O-]. The molecule has 20 heavy (non-hydrogen) atoms. The fraction of sp³-hybridized carbons (Fsp3) is 0.667. The molecule has 0 atom stereocenters. The maximum absolute atomic E-state index is 9.92. The molecule has 0 radical (unpaired) electrons. The highest BCUT2D eigenvalue weighted by Gasteiger charge is 1.91. The Labute approximate surface area is 116 Å². The standard InChI is InChI=1S/C8H14O4.C4H6O4/c9-7(10)5-3-1-2-4-6-8(11)12;5-3(6)1-2-4(7)8/h1-6H2,(H,9,10)(H,11,12);1-2H2,(H,5,6)(H,7,8)/p-4. The number of unbranched alkanes of at least 4 members (excludes halogenated alkanes) is 3. The van der Waals surface area contributed by atoms with Gasteiger partial charge in [0.2, 0.25) is 0 Å². The fourth-order valence-corrected chi connectivity index (χ4v) is 1.10. The summed E-state index contributed by atoms with van der Waals surface area (Å²) in [6, 6.07) is 0. The van der Waals surface area contributed by atoms with Crippen LogP contribution in [0.3, 0.4) is 0 Å². The number of aliphatic carboxylic acids is 4. The van der Waals surface area contributed by atoms with E-state index in [9.17, 15) is 39.6 Å². The van der Waals surface area contributed by atoms with E-state index in [2.05, 4.69) is 0 Å². The molecule has 0 aliphatic rings. The van der Waals surface area contributed by atoms with Crippen LogP contribution in [-0.4, -0.2) is 23.9 Å². The van der Waals surface area contributed by atoms with E-state index in [1.807, 2.05) is 0 Å². The Balaban J connectivity index is 0. The number of rotatable bonds is 10. The highest BCUT2D eigenvalue weighted by Crippen LogP contribution is 2.03. The molecular formula is C12H16O8-4. The molecule has 0 saturated heterocycles. The van der Waals surface area contributed by atoms with Crippen LogP contribution in [0.4, 0.5) is 0 Å². The minimum Gasteiger partial charge on any atom is -0.550 e. The van der Waals surface area contributed by atoms with Crippen molar-refractivity contribution in [2.45, 2.75) is 51.4 Å². The number of carbonyl (C=O) groups excluding carboxylic acids is 4. The first kappa shape index (κ1) is 20.2. The lowest BCUT2D eigenvalue weighted by Crippen LogP contribution is -2.27. The second-order valence-corrected chi connectivity index (χ2v) is 3.90. The first-order valence-corrected chi connectivity index (χ1v) is 6.05. The van der Waals surface area contributed by atoms with Gasteiger partial charge in [0.25, 0.3) is 0 Å². The fourth-order valence-electron chi connectivity index (χ4n) is 1.10. The number of carboxylic acid groups (broad SMARTS) is 4. The van der Waals surface area contributed by atoms with Crippen LogP contribution in [0, 0.1) is 0 Å². The summed E-state index contributed by atoms with van der Waals surface area (Å²) in [4.78, 5) is 38.9. The van der Waals surface area contributed by atoms with Gasteiger partial charge in [0.1, 0.15) is 0 Å². The predicted molar refractivity (Wildman–Crippen MR) is 57.0 cm³/mol. The van der Waals surface area contributed by atoms with Crippen molar-refractivity contribution < 1.29 is 39.6 Å². The van der Waals surface area contributed by atoms with E-state index in [-0.39, 0.29) is 12.8 Å². The van der Waals surface area contributed by atoms with E-state index in [4.69, 9.17) is 0 Å². The van der Waals surface area contributed by atoms with Crippen molar-refractivity contribution in [3.63, 3.8) is 0 Å². The van der Waals surface area contributed by atoms with Gasteiger partial charge in [0.15, 0.2) is 0 Å². The van der Waals surface area contributed by atoms with Gasteiger partial charge >= 0.3 is 0 Å². The van der Waals surface area contributed by atoms with Crippen molar-refractivity contribution in [2.24, 2.45) is 0 Å². The van der Waals surface area contributed by atoms with Gasteiger partial charge in [-0.2, -0.15) is 0 Å². The Bertz CT molecular complexity index is 291. The van der Waals surface area contributed by atoms with Crippen molar-refractivity contribution in [1.82, 2.24) is 0 Å². The molecule has 8 nitrogen and oxygen atoms in total. The number of carboxylic acids is 4. The van der Waals surface area contributed by atoms with E-state index in [0.717, 1.165) is 12.8 Å². The largest absolute Gasteiger partial charge is 0.550 e. The highest BCUT2D eigenvalue weighted by molar-refractivity contribution is 5.72. The molecule has 0 amide bonds. The van der Waals surface area contributed by atoms with E-state index in [1.165, 1.54) is 0 Å². The highest BCUT2D eigenvalue weighted by atomic mass is 16.4. The molecule has 0 aliphatic carbocycles. The molecule has 0 aromatic heterocycles. The second-order valence-electron chi connectivity index (χ2n) is 3.90. The van der Waals surface area contributed by atoms with E-state index < -0.39 is 36.7 Å². The van der Waals surface area contributed by atoms with E-state index in [0.29, 0.717) is 12.8 Å². The van der Waals surface area contributed by atoms with Crippen molar-refractivity contribution in [3.8, 4) is 0 Å². The smallest absolute Gasteiger partial charge is 0.0418 e. The summed E-state index contributed by atoms with van der Waals surface area (Å²) in [5.41, 5.74) is 0. The van der Waals surface area contributed by atoms with Crippen LogP contribution in [0.15, 0.2) is 0 Å². The van der Waals surface area contributed by atoms with Crippen LogP contribution in [0.2, 0.25) is 0 Å². The molecule has 0 spiro atoms. The third-order valence-electron chi connectivity index (χ3n) is 2.05. The van der Waals surface area contributed by atoms with Crippen molar-refractivity contribution in [1.29, 1.82) is 0 Å². The monoisotopic (exact) mass is 288 g/mol. The van der Waals surface area contributed by atoms with E-state index in [1.54, 1.807) is 0 Å². The van der Waals surface area contributed by atoms with Crippen molar-refractivity contribution in [2.75, 3.05) is 0 Å². The maximum atomic E-state index is 9.92. The Morgan fingerprint density at radius 3 is 0.900 bits per heavy atom. The Morgan fingerprint density at radius 1 is 0.450 bits per heavy atom. The minimum absolute atomic E-state index is 0.0608. The summed E-state index contributed by atoms with van der Waals surface area (Å²) in [5, 5.41) is 38.9. The normalized spacial score (nSPS) is 9.20. The molecule has 0 saturated carbocycles. The minimum atomic E-state index is -1.37. The quantitative estimate of drug-likeness (QED) is 0.368. The topological polar surface area (TPSA) is 161 Å². The first-order chi connectivity index (χ1) is 9.25. The summed E-state index contributed by atoms with van der Waals surface area (Å²) in [5.74, 6) is -4.83. The summed E-state index contributed by atoms with van der Waals surface area (Å²) in [6.07, 6.45) is 1.79. The zero-order chi connectivity index (χ0) is 16.0. The van der Waals surface area contributed by atoms with Gasteiger partial charge in [-0.15, -0.1) is 0 Å². The van der Waals surface area contributed by atoms with Crippen molar-refractivity contribution >= 4 is 23.9 Å². The number of hydrogen-bond acceptors (Lipinski definition) is 8. The van der Waals surface area contributed by atoms with Gasteiger partial charge in [0, 0.05) is 23.9 Å². The van der Waals surface area contributed by atoms with Crippen LogP contribution < -0.4 is 20.4 Å². The van der Waals surface area contributed by atoms with Gasteiger partial charge in [-0.05, 0) is 38.5 Å². The first-order valence-electron chi connectivity index (χ1n) is 6.05. The predicted octanol–water partition coefficient (Wildman–Crippen LogP) is -3.91. The molecular weight excluding hydrogens is 272 g/mol. The van der Waals surface area contributed by atoms with Crippen LogP contribution >= 0.6 is 0 Å². The molecule has 116 valence electrons. The van der Waals surface area contributed by atoms with Gasteiger partial charge in [-0.1, -0.05) is 12.8 Å². The summed E-state index contributed by atoms with van der Waals surface area (Å²) >= 11 is 0. The maximum Gasteiger partial charge on any atom is 0.0418 e. The van der Waals surface area contributed by atoms with Gasteiger partial charge in [0.05, 0.1) is 0 Å². The van der Waals surface area contributed by atoms with Crippen LogP contribution in [0.1, 0.15) is 51.4 Å². The number of hydrogen-bond donors (Lipinski definition) is 0.